The predicted octanol–water partition coefficient (Wildman–Crippen LogP) is 3.67. The zero-order valence-electron chi connectivity index (χ0n) is 12.2. The molecule has 0 aliphatic rings. The molecule has 0 bridgehead atoms. The fourth-order valence-electron chi connectivity index (χ4n) is 2.01. The zero-order chi connectivity index (χ0) is 16.1. The number of rotatable bonds is 6. The number of benzene rings is 2. The average Bonchev–Trinajstić information content (AvgIpc) is 2.52. The van der Waals surface area contributed by atoms with Crippen molar-refractivity contribution in [2.24, 2.45) is 0 Å². The lowest BCUT2D eigenvalue weighted by molar-refractivity contribution is 0.0697. The highest BCUT2D eigenvalue weighted by Gasteiger charge is 2.10. The van der Waals surface area contributed by atoms with Crippen molar-refractivity contribution < 1.29 is 19.4 Å². The van der Waals surface area contributed by atoms with E-state index in [-0.39, 0.29) is 5.56 Å². The Morgan fingerprint density at radius 1 is 1.18 bits per heavy atom. The molecular weight excluding hydrogens is 306 g/mol. The van der Waals surface area contributed by atoms with Gasteiger partial charge in [-0.3, -0.25) is 0 Å². The van der Waals surface area contributed by atoms with Crippen molar-refractivity contribution in [1.29, 1.82) is 0 Å². The molecule has 0 aromatic heterocycles. The van der Waals surface area contributed by atoms with Gasteiger partial charge in [0.2, 0.25) is 0 Å². The summed E-state index contributed by atoms with van der Waals surface area (Å²) in [7, 11) is 3.08. The van der Waals surface area contributed by atoms with Crippen LogP contribution in [-0.4, -0.2) is 25.3 Å². The van der Waals surface area contributed by atoms with Crippen LogP contribution in [0.4, 0.5) is 5.69 Å². The smallest absolute Gasteiger partial charge is 0.335 e. The van der Waals surface area contributed by atoms with Gasteiger partial charge < -0.3 is 19.9 Å². The lowest BCUT2D eigenvalue weighted by atomic mass is 10.1. The molecule has 0 aliphatic heterocycles. The number of hydrogen-bond donors (Lipinski definition) is 2. The molecule has 0 amide bonds. The topological polar surface area (TPSA) is 67.8 Å². The van der Waals surface area contributed by atoms with E-state index in [0.717, 1.165) is 11.3 Å². The predicted molar refractivity (Wildman–Crippen MR) is 85.3 cm³/mol. The summed E-state index contributed by atoms with van der Waals surface area (Å²) in [5, 5.41) is 12.5. The fraction of sp³-hybridized carbons (Fsp3) is 0.188. The van der Waals surface area contributed by atoms with Crippen LogP contribution in [0.1, 0.15) is 15.9 Å². The molecule has 0 fully saturated rings. The molecule has 0 heterocycles. The Bertz CT molecular complexity index is 671. The van der Waals surface area contributed by atoms with Gasteiger partial charge in [0.1, 0.15) is 0 Å². The van der Waals surface area contributed by atoms with E-state index in [1.807, 2.05) is 6.07 Å². The number of nitrogens with one attached hydrogen (secondary N) is 1. The number of ether oxygens (including phenoxy) is 2. The van der Waals surface area contributed by atoms with Crippen molar-refractivity contribution in [3.8, 4) is 11.5 Å². The Morgan fingerprint density at radius 3 is 2.41 bits per heavy atom. The van der Waals surface area contributed by atoms with Crippen molar-refractivity contribution in [1.82, 2.24) is 0 Å². The second kappa shape index (κ2) is 7.04. The molecule has 5 nitrogen and oxygen atoms in total. The molecule has 2 aromatic rings. The van der Waals surface area contributed by atoms with Gasteiger partial charge >= 0.3 is 5.97 Å². The van der Waals surface area contributed by atoms with Gasteiger partial charge in [-0.1, -0.05) is 11.6 Å². The van der Waals surface area contributed by atoms with E-state index in [2.05, 4.69) is 5.32 Å². The quantitative estimate of drug-likeness (QED) is 0.849. The summed E-state index contributed by atoms with van der Waals surface area (Å²) in [6.45, 7) is 0.520. The third-order valence-corrected chi connectivity index (χ3v) is 3.40. The maximum absolute atomic E-state index is 10.8. The summed E-state index contributed by atoms with van der Waals surface area (Å²) in [6.07, 6.45) is 0. The number of hydrogen-bond acceptors (Lipinski definition) is 4. The molecule has 2 aromatic carbocycles. The molecular formula is C16H16ClNO4. The van der Waals surface area contributed by atoms with Crippen LogP contribution < -0.4 is 14.8 Å². The van der Waals surface area contributed by atoms with Crippen LogP contribution in [0.5, 0.6) is 11.5 Å². The SMILES string of the molecule is COc1cc(CNc2ccc(C(=O)O)cc2)cc(Cl)c1OC. The Hall–Kier alpha value is -2.40. The minimum atomic E-state index is -0.946. The van der Waals surface area contributed by atoms with Gasteiger partial charge in [-0.2, -0.15) is 0 Å². The van der Waals surface area contributed by atoms with Crippen molar-refractivity contribution in [3.63, 3.8) is 0 Å². The number of carboxylic acids is 1. The van der Waals surface area contributed by atoms with Gasteiger partial charge in [-0.05, 0) is 42.0 Å². The lowest BCUT2D eigenvalue weighted by Crippen LogP contribution is -2.02. The third-order valence-electron chi connectivity index (χ3n) is 3.12. The molecule has 2 N–H and O–H groups in total. The molecule has 116 valence electrons. The lowest BCUT2D eigenvalue weighted by Gasteiger charge is -2.13. The minimum Gasteiger partial charge on any atom is -0.493 e. The molecule has 2 rings (SSSR count). The molecule has 6 heteroatoms. The molecule has 0 unspecified atom stereocenters. The Kier molecular flexibility index (Phi) is 5.12. The number of methoxy groups -OCH3 is 2. The first kappa shape index (κ1) is 16.0. The van der Waals surface area contributed by atoms with Crippen molar-refractivity contribution in [2.45, 2.75) is 6.54 Å². The van der Waals surface area contributed by atoms with Crippen LogP contribution in [0.2, 0.25) is 5.02 Å². The summed E-state index contributed by atoms with van der Waals surface area (Å²) in [5.41, 5.74) is 1.99. The second-order valence-corrected chi connectivity index (χ2v) is 4.96. The highest BCUT2D eigenvalue weighted by Crippen LogP contribution is 2.36. The standard InChI is InChI=1S/C16H16ClNO4/c1-21-14-8-10(7-13(17)15(14)22-2)9-18-12-5-3-11(4-6-12)16(19)20/h3-8,18H,9H2,1-2H3,(H,19,20). The van der Waals surface area contributed by atoms with E-state index in [4.69, 9.17) is 26.2 Å². The van der Waals surface area contributed by atoms with Gasteiger partial charge in [-0.25, -0.2) is 4.79 Å². The summed E-state index contributed by atoms with van der Waals surface area (Å²) < 4.78 is 10.4. The van der Waals surface area contributed by atoms with Crippen LogP contribution in [-0.2, 0) is 6.54 Å². The maximum atomic E-state index is 10.8. The van der Waals surface area contributed by atoms with E-state index in [1.165, 1.54) is 7.11 Å². The maximum Gasteiger partial charge on any atom is 0.335 e. The Balaban J connectivity index is 2.11. The number of halogens is 1. The van der Waals surface area contributed by atoms with Gasteiger partial charge in [0.15, 0.2) is 11.5 Å². The average molecular weight is 322 g/mol. The van der Waals surface area contributed by atoms with E-state index in [9.17, 15) is 4.79 Å². The second-order valence-electron chi connectivity index (χ2n) is 4.55. The van der Waals surface area contributed by atoms with Crippen LogP contribution >= 0.6 is 11.6 Å². The Morgan fingerprint density at radius 2 is 1.86 bits per heavy atom. The van der Waals surface area contributed by atoms with Crippen LogP contribution in [0.15, 0.2) is 36.4 Å². The highest BCUT2D eigenvalue weighted by molar-refractivity contribution is 6.32. The van der Waals surface area contributed by atoms with Crippen LogP contribution in [0, 0.1) is 0 Å². The van der Waals surface area contributed by atoms with Crippen molar-refractivity contribution in [2.75, 3.05) is 19.5 Å². The zero-order valence-corrected chi connectivity index (χ0v) is 13.0. The molecule has 22 heavy (non-hydrogen) atoms. The van der Waals surface area contributed by atoms with Crippen molar-refractivity contribution >= 4 is 23.3 Å². The van der Waals surface area contributed by atoms with E-state index in [0.29, 0.717) is 23.1 Å². The molecule has 0 saturated carbocycles. The first-order valence-electron chi connectivity index (χ1n) is 6.52. The van der Waals surface area contributed by atoms with Gasteiger partial charge in [0, 0.05) is 12.2 Å². The fourth-order valence-corrected chi connectivity index (χ4v) is 2.32. The Labute approximate surface area is 133 Å². The monoisotopic (exact) mass is 321 g/mol. The summed E-state index contributed by atoms with van der Waals surface area (Å²) >= 11 is 6.15. The molecule has 0 atom stereocenters. The number of carboxylic acid groups (broad SMARTS) is 1. The number of carbonyl (C=O) groups is 1. The summed E-state index contributed by atoms with van der Waals surface area (Å²) in [6, 6.07) is 10.2. The van der Waals surface area contributed by atoms with E-state index < -0.39 is 5.97 Å². The third kappa shape index (κ3) is 3.62. The number of aromatic carboxylic acids is 1. The largest absolute Gasteiger partial charge is 0.493 e. The summed E-state index contributed by atoms with van der Waals surface area (Å²) in [4.78, 5) is 10.8. The van der Waals surface area contributed by atoms with E-state index in [1.54, 1.807) is 37.4 Å². The van der Waals surface area contributed by atoms with Crippen LogP contribution in [0.25, 0.3) is 0 Å². The first-order chi connectivity index (χ1) is 10.5. The van der Waals surface area contributed by atoms with Gasteiger partial charge in [0.05, 0.1) is 24.8 Å². The minimum absolute atomic E-state index is 0.250. The highest BCUT2D eigenvalue weighted by atomic mass is 35.5. The molecule has 0 spiro atoms. The molecule has 0 radical (unpaired) electrons. The molecule has 0 saturated heterocycles. The van der Waals surface area contributed by atoms with E-state index >= 15 is 0 Å². The van der Waals surface area contributed by atoms with Gasteiger partial charge in [-0.15, -0.1) is 0 Å². The molecule has 0 aliphatic carbocycles. The summed E-state index contributed by atoms with van der Waals surface area (Å²) in [5.74, 6) is 0.116. The normalized spacial score (nSPS) is 10.1. The first-order valence-corrected chi connectivity index (χ1v) is 6.90. The van der Waals surface area contributed by atoms with Crippen molar-refractivity contribution in [3.05, 3.63) is 52.5 Å². The number of anilines is 1. The van der Waals surface area contributed by atoms with Gasteiger partial charge in [0.25, 0.3) is 0 Å². The van der Waals surface area contributed by atoms with Crippen LogP contribution in [0.3, 0.4) is 0 Å².